The van der Waals surface area contributed by atoms with Crippen molar-refractivity contribution < 1.29 is 22.4 Å². The van der Waals surface area contributed by atoms with Crippen LogP contribution in [0.5, 0.6) is 0 Å². The summed E-state index contributed by atoms with van der Waals surface area (Å²) in [6.45, 7) is 6.33. The normalized spacial score (nSPS) is 25.4. The first-order chi connectivity index (χ1) is 7.78. The van der Waals surface area contributed by atoms with Crippen LogP contribution in [-0.4, -0.2) is 30.3 Å². The molecular weight excluding hydrogens is 240 g/mol. The number of halogens is 4. The Morgan fingerprint density at radius 2 is 1.59 bits per heavy atom. The number of nitrogens with one attached hydrogen (secondary N) is 1. The van der Waals surface area contributed by atoms with Gasteiger partial charge in [-0.25, -0.2) is 24.1 Å². The van der Waals surface area contributed by atoms with Gasteiger partial charge in [-0.15, -0.1) is 0 Å². The molecule has 2 aliphatic carbocycles. The molecule has 0 bridgehead atoms. The van der Waals surface area contributed by atoms with Crippen molar-refractivity contribution in [3.05, 3.63) is 11.4 Å². The number of amides is 1. The molecule has 96 valence electrons. The first kappa shape index (κ1) is 13.7. The van der Waals surface area contributed by atoms with Crippen molar-refractivity contribution in [2.24, 2.45) is 0 Å². The van der Waals surface area contributed by atoms with Crippen molar-refractivity contribution in [1.82, 2.24) is 5.32 Å². The van der Waals surface area contributed by atoms with Crippen molar-refractivity contribution in [2.45, 2.75) is 49.6 Å². The zero-order chi connectivity index (χ0) is 13.1. The Hall–Kier alpha value is -1.32. The molecule has 3 nitrogen and oxygen atoms in total. The Bertz CT molecular complexity index is 311. The van der Waals surface area contributed by atoms with E-state index < -0.39 is 17.9 Å². The largest absolute Gasteiger partial charge is 0.355 e. The fourth-order valence-corrected chi connectivity index (χ4v) is 1.60. The zero-order valence-electron chi connectivity index (χ0n) is 8.93. The summed E-state index contributed by atoms with van der Waals surface area (Å²) >= 11 is 0. The minimum atomic E-state index is -2.53. The van der Waals surface area contributed by atoms with Crippen molar-refractivity contribution in [3.63, 3.8) is 0 Å². The lowest BCUT2D eigenvalue weighted by Gasteiger charge is -2.34. The average Bonchev–Trinajstić information content (AvgIpc) is 2.12. The lowest BCUT2D eigenvalue weighted by Crippen LogP contribution is -2.47. The second kappa shape index (κ2) is 4.90. The molecule has 0 aromatic carbocycles. The molecule has 2 aliphatic rings. The van der Waals surface area contributed by atoms with Gasteiger partial charge in [0.25, 0.3) is 11.8 Å². The highest BCUT2D eigenvalue weighted by molar-refractivity contribution is 5.47. The van der Waals surface area contributed by atoms with E-state index in [1.807, 2.05) is 0 Å². The van der Waals surface area contributed by atoms with E-state index in [9.17, 15) is 22.4 Å². The predicted octanol–water partition coefficient (Wildman–Crippen LogP) is 2.23. The van der Waals surface area contributed by atoms with Gasteiger partial charge in [0, 0.05) is 18.9 Å². The van der Waals surface area contributed by atoms with Crippen LogP contribution in [0.15, 0.2) is 0 Å². The molecule has 2 saturated carbocycles. The number of rotatable bonds is 2. The van der Waals surface area contributed by atoms with Crippen LogP contribution in [0.3, 0.4) is 0 Å². The summed E-state index contributed by atoms with van der Waals surface area (Å²) in [7, 11) is 0. The second-order valence-corrected chi connectivity index (χ2v) is 4.29. The summed E-state index contributed by atoms with van der Waals surface area (Å²) in [6, 6.07) is -0.692. The molecule has 2 fully saturated rings. The number of alkyl halides is 4. The fourth-order valence-electron chi connectivity index (χ4n) is 1.60. The summed E-state index contributed by atoms with van der Waals surface area (Å²) in [4.78, 5) is 12.6. The maximum absolute atomic E-state index is 12.0. The van der Waals surface area contributed by atoms with Crippen LogP contribution < -0.4 is 5.32 Å². The molecule has 0 aromatic rings. The Kier molecular flexibility index (Phi) is 3.96. The Balaban J connectivity index is 0.000000171. The average molecular weight is 252 g/mol. The van der Waals surface area contributed by atoms with Gasteiger partial charge in [-0.05, 0) is 0 Å². The first-order valence-corrected chi connectivity index (χ1v) is 5.10. The van der Waals surface area contributed by atoms with E-state index in [1.54, 1.807) is 0 Å². The molecule has 0 spiro atoms. The molecule has 0 aromatic heterocycles. The van der Waals surface area contributed by atoms with E-state index in [-0.39, 0.29) is 31.7 Å². The summed E-state index contributed by atoms with van der Waals surface area (Å²) in [5.74, 6) is -5.05. The van der Waals surface area contributed by atoms with Gasteiger partial charge in [-0.3, -0.25) is 4.79 Å². The molecule has 0 heterocycles. The van der Waals surface area contributed by atoms with Gasteiger partial charge < -0.3 is 10.2 Å². The number of hydrogen-bond acceptors (Lipinski definition) is 1. The molecule has 0 aliphatic heterocycles. The highest BCUT2D eigenvalue weighted by Crippen LogP contribution is 2.39. The summed E-state index contributed by atoms with van der Waals surface area (Å²) in [5, 5.41) is 2.28. The molecule has 1 amide bonds. The van der Waals surface area contributed by atoms with Gasteiger partial charge >= 0.3 is 0 Å². The molecule has 0 unspecified atom stereocenters. The quantitative estimate of drug-likeness (QED) is 0.456. The third kappa shape index (κ3) is 4.21. The summed E-state index contributed by atoms with van der Waals surface area (Å²) < 4.78 is 47.6. The van der Waals surface area contributed by atoms with Crippen molar-refractivity contribution in [1.29, 1.82) is 0 Å². The third-order valence-electron chi connectivity index (χ3n) is 2.64. The molecule has 0 saturated heterocycles. The zero-order valence-corrected chi connectivity index (χ0v) is 8.93. The van der Waals surface area contributed by atoms with E-state index in [2.05, 4.69) is 10.2 Å². The fraction of sp³-hybridized carbons (Fsp3) is 0.800. The minimum Gasteiger partial charge on any atom is -0.355 e. The van der Waals surface area contributed by atoms with Gasteiger partial charge in [-0.2, -0.15) is 0 Å². The van der Waals surface area contributed by atoms with Crippen molar-refractivity contribution >= 4 is 6.41 Å². The maximum Gasteiger partial charge on any atom is 0.262 e. The van der Waals surface area contributed by atoms with Gasteiger partial charge in [0.2, 0.25) is 12.5 Å². The van der Waals surface area contributed by atoms with E-state index in [0.717, 1.165) is 0 Å². The molecule has 0 atom stereocenters. The Labute approximate surface area is 96.0 Å². The van der Waals surface area contributed by atoms with Crippen LogP contribution in [0.1, 0.15) is 25.7 Å². The maximum atomic E-state index is 12.0. The lowest BCUT2D eigenvalue weighted by molar-refractivity contribution is -0.118. The Morgan fingerprint density at radius 3 is 1.82 bits per heavy atom. The van der Waals surface area contributed by atoms with Crippen molar-refractivity contribution in [2.75, 3.05) is 0 Å². The molecule has 17 heavy (non-hydrogen) atoms. The van der Waals surface area contributed by atoms with Gasteiger partial charge in [0.1, 0.15) is 0 Å². The molecule has 7 heteroatoms. The third-order valence-corrected chi connectivity index (χ3v) is 2.64. The molecule has 1 N–H and O–H groups in total. The van der Waals surface area contributed by atoms with Crippen LogP contribution in [0.4, 0.5) is 17.6 Å². The lowest BCUT2D eigenvalue weighted by atomic mass is 9.88. The van der Waals surface area contributed by atoms with Crippen LogP contribution in [0, 0.1) is 6.57 Å². The SMILES string of the molecule is O=CNC1CC(F)(F)C1.[C-]#[N+]C1CC(F)(F)C1. The summed E-state index contributed by atoms with van der Waals surface area (Å²) in [6.07, 6.45) is -0.398. The van der Waals surface area contributed by atoms with Crippen LogP contribution in [0.2, 0.25) is 0 Å². The van der Waals surface area contributed by atoms with E-state index in [1.165, 1.54) is 0 Å². The van der Waals surface area contributed by atoms with Gasteiger partial charge in [-0.1, -0.05) is 0 Å². The van der Waals surface area contributed by atoms with E-state index >= 15 is 0 Å². The first-order valence-electron chi connectivity index (χ1n) is 5.10. The molecule has 0 radical (unpaired) electrons. The number of carbonyl (C=O) groups excluding carboxylic acids is 1. The van der Waals surface area contributed by atoms with Crippen LogP contribution in [-0.2, 0) is 4.79 Å². The number of carbonyl (C=O) groups is 1. The predicted molar refractivity (Wildman–Crippen MR) is 51.7 cm³/mol. The van der Waals surface area contributed by atoms with E-state index in [4.69, 9.17) is 6.57 Å². The smallest absolute Gasteiger partial charge is 0.262 e. The molecular formula is C10H12F4N2O. The number of hydrogen-bond donors (Lipinski definition) is 1. The topological polar surface area (TPSA) is 33.5 Å². The monoisotopic (exact) mass is 252 g/mol. The standard InChI is InChI=1S/C5H7F2NO.C5H5F2N/c6-5(7)1-4(2-5)8-3-9;1-8-4-2-5(6,7)3-4/h3-4H,1-2H2,(H,8,9);4H,2-3H2. The Morgan fingerprint density at radius 1 is 1.12 bits per heavy atom. The molecule has 2 rings (SSSR count). The number of nitrogens with zero attached hydrogens (tertiary/aromatic N) is 1. The highest BCUT2D eigenvalue weighted by atomic mass is 19.3. The summed E-state index contributed by atoms with van der Waals surface area (Å²) in [5.41, 5.74) is 0. The van der Waals surface area contributed by atoms with Gasteiger partial charge in [0.15, 0.2) is 0 Å². The van der Waals surface area contributed by atoms with E-state index in [0.29, 0.717) is 6.41 Å². The van der Waals surface area contributed by atoms with Crippen molar-refractivity contribution in [3.8, 4) is 0 Å². The minimum absolute atomic E-state index is 0.203. The second-order valence-electron chi connectivity index (χ2n) is 4.29. The van der Waals surface area contributed by atoms with Gasteiger partial charge in [0.05, 0.1) is 12.8 Å². The van der Waals surface area contributed by atoms with Crippen LogP contribution >= 0.6 is 0 Å². The highest BCUT2D eigenvalue weighted by Gasteiger charge is 2.50. The van der Waals surface area contributed by atoms with Crippen LogP contribution in [0.25, 0.3) is 4.85 Å².